The number of Topliss-reactive ketones (excluding diaryl/α,β-unsaturated/α-hetero) is 3. The van der Waals surface area contributed by atoms with Crippen LogP contribution in [0.3, 0.4) is 0 Å². The van der Waals surface area contributed by atoms with Crippen LogP contribution in [0.2, 0.25) is 5.02 Å². The highest BCUT2D eigenvalue weighted by Crippen LogP contribution is 2.35. The first-order valence-corrected chi connectivity index (χ1v) is 12.4. The number of hydrogen-bond donors (Lipinski definition) is 0. The molecular formula is C18H19ClN4O5S2. The lowest BCUT2D eigenvalue weighted by Crippen LogP contribution is -2.35. The molecule has 0 saturated heterocycles. The molecule has 0 radical (unpaired) electrons. The Hall–Kier alpha value is -2.11. The first-order chi connectivity index (χ1) is 14.1. The van der Waals surface area contributed by atoms with E-state index in [1.165, 1.54) is 28.6 Å². The average molecular weight is 471 g/mol. The standard InChI is InChI=1S/C18H19ClN4O5S2/c1-3-23-18(20-21-22-23)29-9-11-14(30(2,27)28)8-7-10(16(11)19)17(26)15-12(24)5-4-6-13(15)25/h7-8,15H,3-6,9H2,1-2H3. The molecule has 3 rings (SSSR count). The summed E-state index contributed by atoms with van der Waals surface area (Å²) in [6.07, 6.45) is 1.78. The van der Waals surface area contributed by atoms with Gasteiger partial charge in [-0.25, -0.2) is 13.1 Å². The number of aromatic nitrogens is 4. The fourth-order valence-electron chi connectivity index (χ4n) is 3.26. The second-order valence-electron chi connectivity index (χ2n) is 6.83. The number of tetrazole rings is 1. The normalized spacial score (nSPS) is 15.6. The van der Waals surface area contributed by atoms with Crippen molar-refractivity contribution in [1.29, 1.82) is 0 Å². The van der Waals surface area contributed by atoms with Gasteiger partial charge in [0.25, 0.3) is 0 Å². The molecule has 160 valence electrons. The zero-order valence-corrected chi connectivity index (χ0v) is 18.7. The summed E-state index contributed by atoms with van der Waals surface area (Å²) in [7, 11) is -3.65. The zero-order chi connectivity index (χ0) is 22.1. The lowest BCUT2D eigenvalue weighted by Gasteiger charge is -2.20. The van der Waals surface area contributed by atoms with Crippen molar-refractivity contribution in [2.75, 3.05) is 6.26 Å². The molecule has 1 fully saturated rings. The van der Waals surface area contributed by atoms with Crippen LogP contribution >= 0.6 is 23.4 Å². The molecule has 0 atom stereocenters. The van der Waals surface area contributed by atoms with Crippen LogP contribution < -0.4 is 0 Å². The predicted octanol–water partition coefficient (Wildman–Crippen LogP) is 2.16. The van der Waals surface area contributed by atoms with Crippen LogP contribution in [0, 0.1) is 5.92 Å². The van der Waals surface area contributed by atoms with Crippen LogP contribution in [0.15, 0.2) is 22.2 Å². The molecule has 0 spiro atoms. The maximum Gasteiger partial charge on any atom is 0.209 e. The van der Waals surface area contributed by atoms with Gasteiger partial charge in [-0.05, 0) is 35.9 Å². The van der Waals surface area contributed by atoms with Gasteiger partial charge in [0.2, 0.25) is 5.16 Å². The molecule has 0 bridgehead atoms. The van der Waals surface area contributed by atoms with Gasteiger partial charge in [-0.15, -0.1) is 5.10 Å². The topological polar surface area (TPSA) is 129 Å². The first-order valence-electron chi connectivity index (χ1n) is 9.15. The molecule has 1 aromatic carbocycles. The first kappa shape index (κ1) is 22.6. The fraction of sp³-hybridized carbons (Fsp3) is 0.444. The van der Waals surface area contributed by atoms with Crippen LogP contribution in [-0.2, 0) is 31.7 Å². The number of nitrogens with zero attached hydrogens (tertiary/aromatic N) is 4. The number of carbonyl (C=O) groups is 3. The van der Waals surface area contributed by atoms with E-state index in [-0.39, 0.29) is 39.6 Å². The van der Waals surface area contributed by atoms with E-state index in [4.69, 9.17) is 11.6 Å². The third-order valence-electron chi connectivity index (χ3n) is 4.76. The Morgan fingerprint density at radius 1 is 1.27 bits per heavy atom. The molecule has 2 aromatic rings. The second-order valence-corrected chi connectivity index (χ2v) is 10.1. The number of sulfone groups is 1. The minimum atomic E-state index is -3.65. The third kappa shape index (κ3) is 4.47. The predicted molar refractivity (Wildman–Crippen MR) is 109 cm³/mol. The van der Waals surface area contributed by atoms with Crippen molar-refractivity contribution in [1.82, 2.24) is 20.2 Å². The highest BCUT2D eigenvalue weighted by atomic mass is 35.5. The van der Waals surface area contributed by atoms with E-state index < -0.39 is 33.1 Å². The van der Waals surface area contributed by atoms with Gasteiger partial charge in [0.1, 0.15) is 5.92 Å². The van der Waals surface area contributed by atoms with E-state index in [0.29, 0.717) is 18.1 Å². The van der Waals surface area contributed by atoms with Crippen LogP contribution in [0.4, 0.5) is 0 Å². The Bertz CT molecular complexity index is 1110. The van der Waals surface area contributed by atoms with Crippen molar-refractivity contribution in [2.24, 2.45) is 5.92 Å². The van der Waals surface area contributed by atoms with E-state index in [1.54, 1.807) is 0 Å². The van der Waals surface area contributed by atoms with Crippen molar-refractivity contribution in [3.8, 4) is 0 Å². The summed E-state index contributed by atoms with van der Waals surface area (Å²) in [5.41, 5.74) is 0.166. The number of ketones is 3. The maximum absolute atomic E-state index is 13.0. The molecule has 1 heterocycles. The van der Waals surface area contributed by atoms with Crippen molar-refractivity contribution in [3.63, 3.8) is 0 Å². The minimum absolute atomic E-state index is 0.0339. The van der Waals surface area contributed by atoms with Gasteiger partial charge >= 0.3 is 0 Å². The monoisotopic (exact) mass is 470 g/mol. The highest BCUT2D eigenvalue weighted by molar-refractivity contribution is 7.98. The molecule has 0 unspecified atom stereocenters. The Kier molecular flexibility index (Phi) is 6.73. The van der Waals surface area contributed by atoms with Gasteiger partial charge in [-0.2, -0.15) is 0 Å². The molecule has 30 heavy (non-hydrogen) atoms. The summed E-state index contributed by atoms with van der Waals surface area (Å²) in [5, 5.41) is 11.7. The molecular weight excluding hydrogens is 452 g/mol. The molecule has 0 amide bonds. The van der Waals surface area contributed by atoms with E-state index in [0.717, 1.165) is 6.26 Å². The Balaban J connectivity index is 2.02. The van der Waals surface area contributed by atoms with Crippen molar-refractivity contribution in [2.45, 2.75) is 48.5 Å². The van der Waals surface area contributed by atoms with Gasteiger partial charge in [-0.3, -0.25) is 14.4 Å². The number of benzene rings is 1. The van der Waals surface area contributed by atoms with Gasteiger partial charge in [-0.1, -0.05) is 23.4 Å². The van der Waals surface area contributed by atoms with E-state index in [9.17, 15) is 22.8 Å². The number of thioether (sulfide) groups is 1. The fourth-order valence-corrected chi connectivity index (χ4v) is 5.73. The minimum Gasteiger partial charge on any atom is -0.298 e. The van der Waals surface area contributed by atoms with Crippen molar-refractivity contribution < 1.29 is 22.8 Å². The number of halogens is 1. The van der Waals surface area contributed by atoms with Crippen LogP contribution in [0.5, 0.6) is 0 Å². The summed E-state index contributed by atoms with van der Waals surface area (Å²) in [4.78, 5) is 37.3. The molecule has 0 N–H and O–H groups in total. The van der Waals surface area contributed by atoms with Gasteiger partial charge in [0.05, 0.1) is 9.92 Å². The SMILES string of the molecule is CCn1nnnc1SCc1c(S(C)(=O)=O)ccc(C(=O)C2C(=O)CCCC2=O)c1Cl. The van der Waals surface area contributed by atoms with E-state index >= 15 is 0 Å². The molecule has 1 saturated carbocycles. The molecule has 1 aliphatic carbocycles. The molecule has 1 aliphatic rings. The Morgan fingerprint density at radius 2 is 1.93 bits per heavy atom. The van der Waals surface area contributed by atoms with Gasteiger partial charge in [0.15, 0.2) is 27.2 Å². The lowest BCUT2D eigenvalue weighted by molar-refractivity contribution is -0.133. The summed E-state index contributed by atoms with van der Waals surface area (Å²) in [6.45, 7) is 2.37. The van der Waals surface area contributed by atoms with Crippen molar-refractivity contribution in [3.05, 3.63) is 28.3 Å². The number of aryl methyl sites for hydroxylation is 1. The zero-order valence-electron chi connectivity index (χ0n) is 16.3. The van der Waals surface area contributed by atoms with Gasteiger partial charge in [0, 0.05) is 42.5 Å². The second kappa shape index (κ2) is 8.94. The van der Waals surface area contributed by atoms with Crippen molar-refractivity contribution >= 4 is 50.5 Å². The third-order valence-corrected chi connectivity index (χ3v) is 7.36. The quantitative estimate of drug-likeness (QED) is 0.339. The highest BCUT2D eigenvalue weighted by Gasteiger charge is 2.38. The largest absolute Gasteiger partial charge is 0.298 e. The Labute approximate surface area is 182 Å². The number of rotatable bonds is 7. The Morgan fingerprint density at radius 3 is 2.53 bits per heavy atom. The summed E-state index contributed by atoms with van der Waals surface area (Å²) >= 11 is 7.63. The van der Waals surface area contributed by atoms with E-state index in [2.05, 4.69) is 15.5 Å². The average Bonchev–Trinajstić information content (AvgIpc) is 3.13. The molecule has 1 aromatic heterocycles. The smallest absolute Gasteiger partial charge is 0.209 e. The van der Waals surface area contributed by atoms with Gasteiger partial charge < -0.3 is 0 Å². The summed E-state index contributed by atoms with van der Waals surface area (Å²) in [6, 6.07) is 2.55. The molecule has 9 nitrogen and oxygen atoms in total. The molecule has 0 aliphatic heterocycles. The van der Waals surface area contributed by atoms with Crippen LogP contribution in [0.25, 0.3) is 0 Å². The number of carbonyl (C=O) groups excluding carboxylic acids is 3. The summed E-state index contributed by atoms with van der Waals surface area (Å²) < 4.78 is 26.1. The number of hydrogen-bond acceptors (Lipinski definition) is 9. The van der Waals surface area contributed by atoms with Crippen LogP contribution in [0.1, 0.15) is 42.1 Å². The van der Waals surface area contributed by atoms with E-state index in [1.807, 2.05) is 6.92 Å². The van der Waals surface area contributed by atoms with Crippen LogP contribution in [-0.4, -0.2) is 52.2 Å². The summed E-state index contributed by atoms with van der Waals surface area (Å²) in [5.74, 6) is -2.86. The molecule has 12 heteroatoms. The maximum atomic E-state index is 13.0. The lowest BCUT2D eigenvalue weighted by atomic mass is 9.81.